The number of aliphatic hydroxyl groups is 1. The molecule has 1 saturated heterocycles. The molecule has 5 atom stereocenters. The number of aliphatic imine (C=N–C) groups is 1. The van der Waals surface area contributed by atoms with Crippen LogP contribution in [0.15, 0.2) is 11.3 Å². The van der Waals surface area contributed by atoms with Gasteiger partial charge in [0.15, 0.2) is 12.5 Å². The monoisotopic (exact) mass is 402 g/mol. The van der Waals surface area contributed by atoms with Gasteiger partial charge < -0.3 is 19.9 Å². The number of amidine groups is 1. The molecule has 0 radical (unpaired) electrons. The highest BCUT2D eigenvalue weighted by atomic mass is 35.5. The number of aromatic nitrogens is 2. The highest BCUT2D eigenvalue weighted by Gasteiger charge is 2.45. The molecule has 7 nitrogen and oxygen atoms in total. The Morgan fingerprint density at radius 2 is 2.23 bits per heavy atom. The lowest BCUT2D eigenvalue weighted by atomic mass is 10.1. The molecule has 1 aromatic rings. The number of nitrogens with zero attached hydrogens (tertiary/aromatic N) is 3. The highest BCUT2D eigenvalue weighted by molar-refractivity contribution is 7.72. The number of alkyl halides is 1. The van der Waals surface area contributed by atoms with Crippen LogP contribution < -0.4 is 5.32 Å². The third kappa shape index (κ3) is 4.02. The third-order valence-electron chi connectivity index (χ3n) is 4.58. The van der Waals surface area contributed by atoms with Gasteiger partial charge >= 0.3 is 0 Å². The fourth-order valence-corrected chi connectivity index (χ4v) is 4.53. The van der Waals surface area contributed by atoms with Crippen molar-refractivity contribution in [1.29, 1.82) is 0 Å². The summed E-state index contributed by atoms with van der Waals surface area (Å²) < 4.78 is 13.6. The first-order chi connectivity index (χ1) is 12.2. The molecule has 2 aliphatic rings. The van der Waals surface area contributed by atoms with E-state index in [2.05, 4.69) is 34.9 Å². The Bertz CT molecular complexity index is 732. The molecule has 3 heterocycles. The van der Waals surface area contributed by atoms with Crippen LogP contribution in [-0.2, 0) is 9.47 Å². The van der Waals surface area contributed by atoms with Crippen molar-refractivity contribution in [1.82, 2.24) is 9.55 Å². The van der Waals surface area contributed by atoms with Crippen molar-refractivity contribution in [2.75, 3.05) is 31.4 Å². The summed E-state index contributed by atoms with van der Waals surface area (Å²) in [6, 6.07) is 0. The second kappa shape index (κ2) is 7.64. The number of anilines is 1. The van der Waals surface area contributed by atoms with Crippen molar-refractivity contribution in [3.63, 3.8) is 0 Å². The molecule has 9 heteroatoms. The van der Waals surface area contributed by atoms with Gasteiger partial charge in [0.05, 0.1) is 12.4 Å². The first-order valence-electron chi connectivity index (χ1n) is 8.86. The average Bonchev–Trinajstić information content (AvgIpc) is 3.08. The van der Waals surface area contributed by atoms with Crippen molar-refractivity contribution >= 4 is 36.4 Å². The van der Waals surface area contributed by atoms with E-state index in [-0.39, 0.29) is 6.10 Å². The summed E-state index contributed by atoms with van der Waals surface area (Å²) in [6.45, 7) is 7.50. The van der Waals surface area contributed by atoms with Crippen molar-refractivity contribution < 1.29 is 14.6 Å². The van der Waals surface area contributed by atoms with Gasteiger partial charge in [0, 0.05) is 6.61 Å². The number of fused-ring (bicyclic) bond motifs is 1. The predicted octanol–water partition coefficient (Wildman–Crippen LogP) is 2.73. The summed E-state index contributed by atoms with van der Waals surface area (Å²) in [5.41, 5.74) is 0.702. The Hall–Kier alpha value is -0.850. The Morgan fingerprint density at radius 1 is 1.50 bits per heavy atom. The lowest BCUT2D eigenvalue weighted by Gasteiger charge is -2.24. The van der Waals surface area contributed by atoms with E-state index in [9.17, 15) is 5.11 Å². The Balaban J connectivity index is 1.81. The molecular formula is C17H28ClN4O3P. The molecule has 2 unspecified atom stereocenters. The van der Waals surface area contributed by atoms with Gasteiger partial charge in [-0.1, -0.05) is 0 Å². The lowest BCUT2D eigenvalue weighted by Crippen LogP contribution is -2.29. The normalized spacial score (nSPS) is 31.5. The molecule has 0 amide bonds. The highest BCUT2D eigenvalue weighted by Crippen LogP contribution is 2.42. The van der Waals surface area contributed by atoms with E-state index >= 15 is 0 Å². The Morgan fingerprint density at radius 3 is 2.88 bits per heavy atom. The molecule has 0 aliphatic carbocycles. The van der Waals surface area contributed by atoms with E-state index in [0.717, 1.165) is 24.2 Å². The zero-order valence-corrected chi connectivity index (χ0v) is 17.4. The molecule has 0 saturated carbocycles. The van der Waals surface area contributed by atoms with Crippen LogP contribution in [-0.4, -0.2) is 70.5 Å². The molecule has 3 rings (SSSR count). The maximum atomic E-state index is 10.5. The number of ether oxygens (including phenoxy) is 2. The summed E-state index contributed by atoms with van der Waals surface area (Å²) in [5.74, 6) is 1.49. The smallest absolute Gasteiger partial charge is 0.196 e. The van der Waals surface area contributed by atoms with E-state index in [1.165, 1.54) is 0 Å². The minimum atomic E-state index is -1.19. The molecule has 26 heavy (non-hydrogen) atoms. The second-order valence-corrected chi connectivity index (χ2v) is 12.3. The van der Waals surface area contributed by atoms with Crippen LogP contribution in [0.5, 0.6) is 0 Å². The number of halogens is 1. The molecule has 1 fully saturated rings. The van der Waals surface area contributed by atoms with Gasteiger partial charge in [0.1, 0.15) is 28.8 Å². The van der Waals surface area contributed by atoms with Gasteiger partial charge in [-0.05, 0) is 39.8 Å². The largest absolute Gasteiger partial charge is 0.389 e. The second-order valence-electron chi connectivity index (χ2n) is 7.48. The zero-order chi connectivity index (χ0) is 19.1. The average molecular weight is 403 g/mol. The minimum absolute atomic E-state index is 0.303. The van der Waals surface area contributed by atoms with Crippen LogP contribution >= 0.6 is 18.5 Å². The molecule has 2 aliphatic heterocycles. The maximum absolute atomic E-state index is 10.5. The number of aliphatic hydroxyl groups excluding tert-OH is 1. The fourth-order valence-electron chi connectivity index (χ4n) is 3.24. The summed E-state index contributed by atoms with van der Waals surface area (Å²) in [5, 5.41) is 13.2. The molecule has 1 aromatic heterocycles. The summed E-state index contributed by atoms with van der Waals surface area (Å²) in [4.78, 5) is 8.89. The summed E-state index contributed by atoms with van der Waals surface area (Å²) in [6.07, 6.45) is 5.62. The van der Waals surface area contributed by atoms with E-state index in [4.69, 9.17) is 21.1 Å². The molecule has 0 bridgehead atoms. The van der Waals surface area contributed by atoms with Gasteiger partial charge in [0.25, 0.3) is 0 Å². The van der Waals surface area contributed by atoms with Crippen molar-refractivity contribution in [2.24, 2.45) is 4.99 Å². The quantitative estimate of drug-likeness (QED) is 0.565. The fraction of sp³-hybridized carbons (Fsp3) is 0.706. The summed E-state index contributed by atoms with van der Waals surface area (Å²) >= 11 is 6.52. The zero-order valence-electron chi connectivity index (χ0n) is 15.7. The Labute approximate surface area is 159 Å². The minimum Gasteiger partial charge on any atom is -0.389 e. The van der Waals surface area contributed by atoms with Gasteiger partial charge in [-0.15, -0.1) is 24.8 Å². The van der Waals surface area contributed by atoms with Crippen LogP contribution in [0.25, 0.3) is 0 Å². The van der Waals surface area contributed by atoms with E-state index < -0.39 is 30.8 Å². The summed E-state index contributed by atoms with van der Waals surface area (Å²) in [7, 11) is 0. The van der Waals surface area contributed by atoms with Gasteiger partial charge in [-0.2, -0.15) is 0 Å². The Kier molecular flexibility index (Phi) is 5.85. The molecular weight excluding hydrogens is 375 g/mol. The van der Waals surface area contributed by atoms with Crippen LogP contribution in [0.3, 0.4) is 0 Å². The maximum Gasteiger partial charge on any atom is 0.196 e. The van der Waals surface area contributed by atoms with Crippen molar-refractivity contribution in [3.8, 4) is 0 Å². The van der Waals surface area contributed by atoms with E-state index in [0.29, 0.717) is 12.3 Å². The number of imidazole rings is 1. The number of hydrogen-bond donors (Lipinski definition) is 2. The molecule has 0 aromatic carbocycles. The standard InChI is InChI=1S/C17H28ClN4O3P/c1-6-24-16-13-15(20-10(2)21-16)22(9-19-13)17-12(18)14(23)11(25-17)7-8-26(3,4)5/h9,11-12,14,16-17,23H,3,6-8H2,1-2,4-5H3,(H,20,21)/t11-,12-,14-,16?,17?/m1/s1. The molecule has 2 N–H and O–H groups in total. The number of nitrogens with one attached hydrogen (secondary N) is 1. The van der Waals surface area contributed by atoms with Gasteiger partial charge in [-0.25, -0.2) is 9.98 Å². The lowest BCUT2D eigenvalue weighted by molar-refractivity contribution is -0.0183. The molecule has 0 spiro atoms. The van der Waals surface area contributed by atoms with Crippen molar-refractivity contribution in [3.05, 3.63) is 12.0 Å². The number of hydrogen-bond acceptors (Lipinski definition) is 6. The van der Waals surface area contributed by atoms with E-state index in [1.54, 1.807) is 6.33 Å². The first kappa shape index (κ1) is 19.9. The first-order valence-corrected chi connectivity index (χ1v) is 12.3. The topological polar surface area (TPSA) is 80.9 Å². The van der Waals surface area contributed by atoms with Crippen LogP contribution in [0.2, 0.25) is 0 Å². The van der Waals surface area contributed by atoms with Gasteiger partial charge in [0.2, 0.25) is 0 Å². The van der Waals surface area contributed by atoms with Gasteiger partial charge in [-0.3, -0.25) is 4.57 Å². The van der Waals surface area contributed by atoms with Crippen LogP contribution in [0.4, 0.5) is 5.82 Å². The third-order valence-corrected chi connectivity index (χ3v) is 6.52. The van der Waals surface area contributed by atoms with Crippen molar-refractivity contribution in [2.45, 2.75) is 50.3 Å². The molecule has 146 valence electrons. The number of rotatable bonds is 6. The predicted molar refractivity (Wildman–Crippen MR) is 108 cm³/mol. The van der Waals surface area contributed by atoms with Crippen LogP contribution in [0, 0.1) is 0 Å². The SMILES string of the molecule is C=P(C)(C)CC[C@H]1OC(n2cnc3c2NC(C)=NC3OCC)[C@H](Cl)[C@@H]1O. The van der Waals surface area contributed by atoms with Crippen LogP contribution in [0.1, 0.15) is 38.4 Å². The van der Waals surface area contributed by atoms with E-state index in [1.807, 2.05) is 18.4 Å².